The Morgan fingerprint density at radius 1 is 1.38 bits per heavy atom. The highest BCUT2D eigenvalue weighted by Crippen LogP contribution is 2.00. The van der Waals surface area contributed by atoms with Crippen LogP contribution in [0.1, 0.15) is 12.8 Å². The van der Waals surface area contributed by atoms with Crippen LogP contribution in [0.3, 0.4) is 0 Å². The summed E-state index contributed by atoms with van der Waals surface area (Å²) in [6, 6.07) is 0. The molecule has 0 aromatic carbocycles. The maximum absolute atomic E-state index is 5.17. The van der Waals surface area contributed by atoms with Crippen LogP contribution in [0.2, 0.25) is 0 Å². The molecular formula is C6H14NO+. The Bertz CT molecular complexity index is 59.5. The number of nitrogens with two attached hydrogens (primary N) is 1. The van der Waals surface area contributed by atoms with Gasteiger partial charge >= 0.3 is 0 Å². The van der Waals surface area contributed by atoms with E-state index < -0.39 is 0 Å². The third-order valence-corrected chi connectivity index (χ3v) is 1.72. The first kappa shape index (κ1) is 6.05. The summed E-state index contributed by atoms with van der Waals surface area (Å²) in [5.41, 5.74) is 0. The minimum atomic E-state index is 0.556. The second-order valence-corrected chi connectivity index (χ2v) is 2.30. The van der Waals surface area contributed by atoms with E-state index in [2.05, 4.69) is 5.32 Å². The molecule has 8 heavy (non-hydrogen) atoms. The van der Waals surface area contributed by atoms with E-state index in [0.29, 0.717) is 6.10 Å². The first-order chi connectivity index (χ1) is 3.93. The smallest absolute Gasteiger partial charge is 0.0780 e. The van der Waals surface area contributed by atoms with Crippen molar-refractivity contribution in [2.75, 3.05) is 20.2 Å². The molecule has 1 rings (SSSR count). The van der Waals surface area contributed by atoms with E-state index in [1.807, 2.05) is 0 Å². The Morgan fingerprint density at radius 2 is 2.00 bits per heavy atom. The largest absolute Gasteiger partial charge is 0.381 e. The molecule has 2 heteroatoms. The van der Waals surface area contributed by atoms with Crippen molar-refractivity contribution in [3.05, 3.63) is 0 Å². The maximum Gasteiger partial charge on any atom is 0.0780 e. The van der Waals surface area contributed by atoms with Crippen LogP contribution in [0.4, 0.5) is 0 Å². The number of rotatable bonds is 1. The van der Waals surface area contributed by atoms with Gasteiger partial charge in [-0.2, -0.15) is 0 Å². The van der Waals surface area contributed by atoms with Gasteiger partial charge in [0.15, 0.2) is 0 Å². The Hall–Kier alpha value is -0.0800. The average Bonchev–Trinajstić information content (AvgIpc) is 1.90. The highest BCUT2D eigenvalue weighted by atomic mass is 16.5. The standard InChI is InChI=1S/C6H13NO/c1-8-6-2-4-7-5-3-6/h6-7H,2-5H2,1H3/p+1. The average molecular weight is 116 g/mol. The third-order valence-electron chi connectivity index (χ3n) is 1.72. The van der Waals surface area contributed by atoms with Crippen molar-refractivity contribution in [3.63, 3.8) is 0 Å². The molecule has 2 nitrogen and oxygen atoms in total. The third kappa shape index (κ3) is 1.46. The molecule has 0 bridgehead atoms. The van der Waals surface area contributed by atoms with Crippen LogP contribution in [0.15, 0.2) is 0 Å². The quantitative estimate of drug-likeness (QED) is 0.484. The maximum atomic E-state index is 5.17. The lowest BCUT2D eigenvalue weighted by atomic mass is 10.1. The van der Waals surface area contributed by atoms with Crippen molar-refractivity contribution in [2.24, 2.45) is 0 Å². The lowest BCUT2D eigenvalue weighted by molar-refractivity contribution is -0.665. The molecule has 1 saturated heterocycles. The SMILES string of the molecule is COC1CC[NH2+]CC1. The van der Waals surface area contributed by atoms with Gasteiger partial charge in [-0.15, -0.1) is 0 Å². The van der Waals surface area contributed by atoms with Gasteiger partial charge in [0, 0.05) is 20.0 Å². The molecule has 1 aliphatic heterocycles. The van der Waals surface area contributed by atoms with Crippen LogP contribution in [0.25, 0.3) is 0 Å². The van der Waals surface area contributed by atoms with Crippen molar-refractivity contribution in [2.45, 2.75) is 18.9 Å². The second-order valence-electron chi connectivity index (χ2n) is 2.30. The van der Waals surface area contributed by atoms with Gasteiger partial charge in [0.25, 0.3) is 0 Å². The van der Waals surface area contributed by atoms with Crippen LogP contribution < -0.4 is 5.32 Å². The topological polar surface area (TPSA) is 25.8 Å². The highest BCUT2D eigenvalue weighted by Gasteiger charge is 2.12. The van der Waals surface area contributed by atoms with Crippen molar-refractivity contribution in [3.8, 4) is 0 Å². The molecule has 1 aliphatic rings. The van der Waals surface area contributed by atoms with Crippen LogP contribution >= 0.6 is 0 Å². The van der Waals surface area contributed by atoms with Crippen LogP contribution in [-0.2, 0) is 4.74 Å². The molecule has 0 aliphatic carbocycles. The van der Waals surface area contributed by atoms with E-state index >= 15 is 0 Å². The highest BCUT2D eigenvalue weighted by molar-refractivity contribution is 4.57. The number of piperidine rings is 1. The van der Waals surface area contributed by atoms with Gasteiger partial charge in [0.2, 0.25) is 0 Å². The van der Waals surface area contributed by atoms with E-state index in [-0.39, 0.29) is 0 Å². The van der Waals surface area contributed by atoms with Gasteiger partial charge in [-0.1, -0.05) is 0 Å². The predicted octanol–water partition coefficient (Wildman–Crippen LogP) is -0.641. The molecule has 2 N–H and O–H groups in total. The minimum Gasteiger partial charge on any atom is -0.381 e. The summed E-state index contributed by atoms with van der Waals surface area (Å²) in [6.07, 6.45) is 3.02. The molecular weight excluding hydrogens is 102 g/mol. The minimum absolute atomic E-state index is 0.556. The van der Waals surface area contributed by atoms with E-state index in [9.17, 15) is 0 Å². The fraction of sp³-hybridized carbons (Fsp3) is 1.00. The van der Waals surface area contributed by atoms with Gasteiger partial charge in [0.1, 0.15) is 0 Å². The molecule has 0 saturated carbocycles. The molecule has 0 atom stereocenters. The summed E-state index contributed by atoms with van der Waals surface area (Å²) in [4.78, 5) is 0. The summed E-state index contributed by atoms with van der Waals surface area (Å²) in [5, 5.41) is 2.34. The Morgan fingerprint density at radius 3 is 2.38 bits per heavy atom. The lowest BCUT2D eigenvalue weighted by Crippen LogP contribution is -2.86. The van der Waals surface area contributed by atoms with Crippen LogP contribution in [0.5, 0.6) is 0 Å². The number of hydrogen-bond donors (Lipinski definition) is 1. The zero-order valence-electron chi connectivity index (χ0n) is 5.39. The Balaban J connectivity index is 2.13. The van der Waals surface area contributed by atoms with Crippen molar-refractivity contribution in [1.82, 2.24) is 0 Å². The fourth-order valence-corrected chi connectivity index (χ4v) is 1.13. The molecule has 0 aromatic rings. The van der Waals surface area contributed by atoms with E-state index in [1.54, 1.807) is 7.11 Å². The zero-order valence-corrected chi connectivity index (χ0v) is 5.39. The first-order valence-electron chi connectivity index (χ1n) is 3.28. The van der Waals surface area contributed by atoms with Crippen molar-refractivity contribution >= 4 is 0 Å². The molecule has 0 radical (unpaired) electrons. The van der Waals surface area contributed by atoms with Crippen molar-refractivity contribution < 1.29 is 10.1 Å². The summed E-state index contributed by atoms with van der Waals surface area (Å²) in [5.74, 6) is 0. The lowest BCUT2D eigenvalue weighted by Gasteiger charge is -2.17. The number of hydrogen-bond acceptors (Lipinski definition) is 1. The summed E-state index contributed by atoms with van der Waals surface area (Å²) >= 11 is 0. The van der Waals surface area contributed by atoms with E-state index in [0.717, 1.165) is 0 Å². The molecule has 0 aromatic heterocycles. The van der Waals surface area contributed by atoms with Gasteiger partial charge in [0.05, 0.1) is 19.2 Å². The monoisotopic (exact) mass is 116 g/mol. The van der Waals surface area contributed by atoms with Crippen molar-refractivity contribution in [1.29, 1.82) is 0 Å². The number of quaternary nitrogens is 1. The second kappa shape index (κ2) is 3.05. The van der Waals surface area contributed by atoms with E-state index in [1.165, 1.54) is 25.9 Å². The predicted molar refractivity (Wildman–Crippen MR) is 31.7 cm³/mol. The van der Waals surface area contributed by atoms with Crippen LogP contribution in [-0.4, -0.2) is 26.3 Å². The van der Waals surface area contributed by atoms with Gasteiger partial charge in [-0.3, -0.25) is 0 Å². The van der Waals surface area contributed by atoms with Gasteiger partial charge < -0.3 is 10.1 Å². The first-order valence-corrected chi connectivity index (χ1v) is 3.28. The molecule has 0 spiro atoms. The molecule has 1 fully saturated rings. The number of ether oxygens (including phenoxy) is 1. The van der Waals surface area contributed by atoms with Gasteiger partial charge in [-0.25, -0.2) is 0 Å². The summed E-state index contributed by atoms with van der Waals surface area (Å²) < 4.78 is 5.17. The van der Waals surface area contributed by atoms with E-state index in [4.69, 9.17) is 4.74 Å². The Kier molecular flexibility index (Phi) is 2.30. The van der Waals surface area contributed by atoms with Crippen LogP contribution in [0, 0.1) is 0 Å². The molecule has 0 unspecified atom stereocenters. The van der Waals surface area contributed by atoms with Gasteiger partial charge in [-0.05, 0) is 0 Å². The Labute approximate surface area is 50.2 Å². The molecule has 1 heterocycles. The number of methoxy groups -OCH3 is 1. The summed E-state index contributed by atoms with van der Waals surface area (Å²) in [6.45, 7) is 2.50. The molecule has 0 amide bonds. The molecule has 48 valence electrons. The fourth-order valence-electron chi connectivity index (χ4n) is 1.13. The normalized spacial score (nSPS) is 23.6. The summed E-state index contributed by atoms with van der Waals surface area (Å²) in [7, 11) is 1.80. The zero-order chi connectivity index (χ0) is 5.82.